The monoisotopic (exact) mass is 702 g/mol. The van der Waals surface area contributed by atoms with Gasteiger partial charge >= 0.3 is 12.2 Å². The van der Waals surface area contributed by atoms with Crippen molar-refractivity contribution in [2.45, 2.75) is 71.0 Å². The quantitative estimate of drug-likeness (QED) is 0.211. The molecule has 0 unspecified atom stereocenters. The van der Waals surface area contributed by atoms with Crippen molar-refractivity contribution in [2.75, 3.05) is 44.0 Å². The number of fused-ring (bicyclic) bond motifs is 1. The van der Waals surface area contributed by atoms with Gasteiger partial charge < -0.3 is 30.1 Å². The summed E-state index contributed by atoms with van der Waals surface area (Å²) in [6.07, 6.45) is -2.70. The van der Waals surface area contributed by atoms with Crippen molar-refractivity contribution in [3.8, 4) is 5.75 Å². The highest BCUT2D eigenvalue weighted by atomic mass is 19.4. The second-order valence-electron chi connectivity index (χ2n) is 13.0. The van der Waals surface area contributed by atoms with E-state index in [0.29, 0.717) is 43.2 Å². The van der Waals surface area contributed by atoms with E-state index in [1.807, 2.05) is 25.8 Å². The van der Waals surface area contributed by atoms with Gasteiger partial charge in [-0.05, 0) is 100 Å². The minimum atomic E-state index is -4.41. The molecule has 4 rings (SSSR count). The Morgan fingerprint density at radius 2 is 1.68 bits per heavy atom. The lowest BCUT2D eigenvalue weighted by molar-refractivity contribution is -0.137. The summed E-state index contributed by atoms with van der Waals surface area (Å²) in [5.41, 5.74) is 0.935. The van der Waals surface area contributed by atoms with Crippen molar-refractivity contribution in [1.29, 1.82) is 0 Å². The average molecular weight is 703 g/mol. The molecule has 0 aliphatic carbocycles. The lowest BCUT2D eigenvalue weighted by atomic mass is 10.0. The van der Waals surface area contributed by atoms with Gasteiger partial charge in [-0.15, -0.1) is 0 Å². The number of rotatable bonds is 8. The van der Waals surface area contributed by atoms with Gasteiger partial charge in [-0.25, -0.2) is 9.18 Å². The third kappa shape index (κ3) is 11.2. The summed E-state index contributed by atoms with van der Waals surface area (Å²) >= 11 is 0. The number of carbonyl (C=O) groups is 2. The molecule has 13 heteroatoms. The Kier molecular flexibility index (Phi) is 13.6. The van der Waals surface area contributed by atoms with Crippen molar-refractivity contribution in [3.63, 3.8) is 0 Å². The maximum atomic E-state index is 14.3. The van der Waals surface area contributed by atoms with Crippen LogP contribution in [0.5, 0.6) is 5.75 Å². The molecule has 0 bridgehead atoms. The number of amides is 3. The summed E-state index contributed by atoms with van der Waals surface area (Å²) in [6, 6.07) is 14.0. The summed E-state index contributed by atoms with van der Waals surface area (Å²) < 4.78 is 65.1. The zero-order valence-electron chi connectivity index (χ0n) is 28.8. The SMILES string of the molecule is C[C@@H]1CN([C@@H](C)CO)C(=O)c2cc(NC(=O)Nc3ccc(F)cc3)ccc2O[C@@H](C)CCCCO[C@H]1CN(C)Cc1ccc(C(F)(F)F)cc1. The van der Waals surface area contributed by atoms with Gasteiger partial charge in [0.25, 0.3) is 5.91 Å². The Labute approximate surface area is 290 Å². The summed E-state index contributed by atoms with van der Waals surface area (Å²) in [4.78, 5) is 30.6. The first-order valence-corrected chi connectivity index (χ1v) is 16.8. The van der Waals surface area contributed by atoms with Crippen molar-refractivity contribution in [2.24, 2.45) is 5.92 Å². The number of halogens is 4. The van der Waals surface area contributed by atoms with Crippen LogP contribution in [0, 0.1) is 11.7 Å². The van der Waals surface area contributed by atoms with Gasteiger partial charge in [0.05, 0.1) is 36.0 Å². The first kappa shape index (κ1) is 38.6. The molecule has 272 valence electrons. The van der Waals surface area contributed by atoms with Crippen molar-refractivity contribution < 1.29 is 41.7 Å². The highest BCUT2D eigenvalue weighted by Gasteiger charge is 2.32. The molecule has 9 nitrogen and oxygen atoms in total. The van der Waals surface area contributed by atoms with Crippen LogP contribution in [0.4, 0.5) is 33.7 Å². The standard InChI is InChI=1S/C37H46F4N4O5/c1-24-20-45(25(2)23-46)35(47)32-19-31(43-36(48)42-30-14-12-29(38)13-15-30)16-17-33(32)50-26(3)7-5-6-18-49-34(24)22-44(4)21-27-8-10-28(11-9-27)37(39,40)41/h8-17,19,24-26,34,46H,5-7,18,20-23H2,1-4H3,(H2,42,43,48)/t24-,25+,26+,34+/m1/s1. The maximum Gasteiger partial charge on any atom is 0.416 e. The average Bonchev–Trinajstić information content (AvgIpc) is 3.07. The van der Waals surface area contributed by atoms with E-state index in [0.717, 1.165) is 30.5 Å². The second-order valence-corrected chi connectivity index (χ2v) is 13.0. The van der Waals surface area contributed by atoms with E-state index < -0.39 is 35.5 Å². The van der Waals surface area contributed by atoms with Gasteiger partial charge in [0.15, 0.2) is 0 Å². The van der Waals surface area contributed by atoms with Crippen molar-refractivity contribution >= 4 is 23.3 Å². The fourth-order valence-electron chi connectivity index (χ4n) is 5.77. The number of ether oxygens (including phenoxy) is 2. The minimum Gasteiger partial charge on any atom is -0.490 e. The number of nitrogens with one attached hydrogen (secondary N) is 2. The lowest BCUT2D eigenvalue weighted by Crippen LogP contribution is -2.47. The molecule has 0 saturated carbocycles. The zero-order chi connectivity index (χ0) is 36.4. The van der Waals surface area contributed by atoms with Crippen LogP contribution in [0.15, 0.2) is 66.7 Å². The number of urea groups is 1. The Hall–Kier alpha value is -4.20. The molecule has 1 heterocycles. The molecule has 0 radical (unpaired) electrons. The Morgan fingerprint density at radius 1 is 1.02 bits per heavy atom. The molecule has 3 aromatic carbocycles. The molecule has 0 spiro atoms. The fourth-order valence-corrected chi connectivity index (χ4v) is 5.77. The highest BCUT2D eigenvalue weighted by Crippen LogP contribution is 2.30. The first-order chi connectivity index (χ1) is 23.7. The summed E-state index contributed by atoms with van der Waals surface area (Å²) in [6.45, 7) is 6.85. The number of hydrogen-bond acceptors (Lipinski definition) is 6. The van der Waals surface area contributed by atoms with Gasteiger partial charge in [0.1, 0.15) is 11.6 Å². The number of aliphatic hydroxyl groups is 1. The Bertz CT molecular complexity index is 1550. The summed E-state index contributed by atoms with van der Waals surface area (Å²) in [5, 5.41) is 15.6. The lowest BCUT2D eigenvalue weighted by Gasteiger charge is -2.36. The molecule has 1 aliphatic rings. The molecular formula is C37H46F4N4O5. The molecule has 3 aromatic rings. The van der Waals surface area contributed by atoms with Gasteiger partial charge in [0, 0.05) is 43.5 Å². The van der Waals surface area contributed by atoms with Crippen LogP contribution < -0.4 is 15.4 Å². The molecule has 1 aliphatic heterocycles. The molecule has 0 saturated heterocycles. The Morgan fingerprint density at radius 3 is 2.34 bits per heavy atom. The van der Waals surface area contributed by atoms with Crippen LogP contribution in [0.2, 0.25) is 0 Å². The normalized spacial score (nSPS) is 20.0. The van der Waals surface area contributed by atoms with E-state index in [1.165, 1.54) is 42.5 Å². The number of aliphatic hydroxyl groups excluding tert-OH is 1. The Balaban J connectivity index is 1.56. The smallest absolute Gasteiger partial charge is 0.416 e. The molecular weight excluding hydrogens is 656 g/mol. The fraction of sp³-hybridized carbons (Fsp3) is 0.459. The summed E-state index contributed by atoms with van der Waals surface area (Å²) in [7, 11) is 1.87. The molecule has 3 N–H and O–H groups in total. The molecule has 0 aromatic heterocycles. The number of anilines is 2. The maximum absolute atomic E-state index is 14.3. The van der Waals surface area contributed by atoms with E-state index in [-0.39, 0.29) is 36.8 Å². The van der Waals surface area contributed by atoms with Crippen LogP contribution in [-0.4, -0.2) is 78.4 Å². The van der Waals surface area contributed by atoms with Gasteiger partial charge in [-0.1, -0.05) is 19.1 Å². The van der Waals surface area contributed by atoms with Crippen molar-refractivity contribution in [1.82, 2.24) is 9.80 Å². The second kappa shape index (κ2) is 17.6. The largest absolute Gasteiger partial charge is 0.490 e. The molecule has 4 atom stereocenters. The highest BCUT2D eigenvalue weighted by molar-refractivity contribution is 6.02. The van der Waals surface area contributed by atoms with Crippen molar-refractivity contribution in [3.05, 3.63) is 89.2 Å². The van der Waals surface area contributed by atoms with Crippen LogP contribution in [-0.2, 0) is 17.5 Å². The predicted octanol–water partition coefficient (Wildman–Crippen LogP) is 7.42. The molecule has 0 fully saturated rings. The number of alkyl halides is 3. The number of benzene rings is 3. The first-order valence-electron chi connectivity index (χ1n) is 16.8. The molecule has 50 heavy (non-hydrogen) atoms. The third-order valence-corrected chi connectivity index (χ3v) is 8.64. The summed E-state index contributed by atoms with van der Waals surface area (Å²) in [5.74, 6) is -0.709. The van der Waals surface area contributed by atoms with Crippen LogP contribution in [0.25, 0.3) is 0 Å². The number of likely N-dealkylation sites (N-methyl/N-ethyl adjacent to an activating group) is 1. The van der Waals surface area contributed by atoms with E-state index in [1.54, 1.807) is 24.0 Å². The van der Waals surface area contributed by atoms with Crippen LogP contribution >= 0.6 is 0 Å². The number of nitrogens with zero attached hydrogens (tertiary/aromatic N) is 2. The van der Waals surface area contributed by atoms with Gasteiger partial charge in [-0.3, -0.25) is 9.69 Å². The topological polar surface area (TPSA) is 103 Å². The zero-order valence-corrected chi connectivity index (χ0v) is 28.8. The van der Waals surface area contributed by atoms with E-state index in [4.69, 9.17) is 9.47 Å². The number of carbonyl (C=O) groups excluding carboxylic acids is 2. The van der Waals surface area contributed by atoms with Gasteiger partial charge in [-0.2, -0.15) is 13.2 Å². The van der Waals surface area contributed by atoms with Crippen LogP contribution in [0.3, 0.4) is 0 Å². The van der Waals surface area contributed by atoms with Crippen LogP contribution in [0.1, 0.15) is 61.5 Å². The van der Waals surface area contributed by atoms with E-state index >= 15 is 0 Å². The minimum absolute atomic E-state index is 0.206. The predicted molar refractivity (Wildman–Crippen MR) is 184 cm³/mol. The third-order valence-electron chi connectivity index (χ3n) is 8.64. The van der Waals surface area contributed by atoms with Gasteiger partial charge in [0.2, 0.25) is 0 Å². The van der Waals surface area contributed by atoms with E-state index in [2.05, 4.69) is 10.6 Å². The number of hydrogen-bond donors (Lipinski definition) is 3. The van der Waals surface area contributed by atoms with E-state index in [9.17, 15) is 32.3 Å². The molecule has 3 amide bonds.